The van der Waals surface area contributed by atoms with E-state index in [-0.39, 0.29) is 0 Å². The number of hydrogen-bond donors (Lipinski definition) is 2. The number of methoxy groups -OCH3 is 1. The van der Waals surface area contributed by atoms with Gasteiger partial charge in [-0.25, -0.2) is 4.79 Å². The van der Waals surface area contributed by atoms with Crippen LogP contribution in [0.15, 0.2) is 11.4 Å². The molecule has 4 nitrogen and oxygen atoms in total. The zero-order chi connectivity index (χ0) is 11.1. The zero-order valence-corrected chi connectivity index (χ0v) is 9.19. The van der Waals surface area contributed by atoms with Crippen LogP contribution in [0.25, 0.3) is 0 Å². The third-order valence-electron chi connectivity index (χ3n) is 1.58. The summed E-state index contributed by atoms with van der Waals surface area (Å²) in [5.41, 5.74) is 6.18. The predicted molar refractivity (Wildman–Crippen MR) is 59.5 cm³/mol. The average Bonchev–Trinajstić information content (AvgIpc) is 2.71. The Labute approximate surface area is 92.4 Å². The minimum Gasteiger partial charge on any atom is -0.453 e. The van der Waals surface area contributed by atoms with Crippen molar-refractivity contribution in [1.82, 2.24) is 5.32 Å². The molecule has 0 radical (unpaired) electrons. The average molecular weight is 224 g/mol. The molecule has 80 valence electrons. The Bertz CT molecular complexity index is 390. The van der Waals surface area contributed by atoms with Crippen molar-refractivity contribution in [1.29, 1.82) is 0 Å². The molecule has 0 aliphatic heterocycles. The van der Waals surface area contributed by atoms with Crippen LogP contribution in [0.3, 0.4) is 0 Å². The van der Waals surface area contributed by atoms with Crippen molar-refractivity contribution in [3.05, 3.63) is 21.9 Å². The molecule has 0 aliphatic carbocycles. The molecule has 0 bridgehead atoms. The fourth-order valence-corrected chi connectivity index (χ4v) is 1.68. The summed E-state index contributed by atoms with van der Waals surface area (Å²) in [6.45, 7) is 0.813. The smallest absolute Gasteiger partial charge is 0.407 e. The topological polar surface area (TPSA) is 64.3 Å². The lowest BCUT2D eigenvalue weighted by molar-refractivity contribution is 0.170. The number of rotatable bonds is 2. The molecule has 0 fully saturated rings. The number of nitrogens with one attached hydrogen (secondary N) is 1. The molecule has 15 heavy (non-hydrogen) atoms. The molecule has 0 atom stereocenters. The number of thiophene rings is 1. The van der Waals surface area contributed by atoms with E-state index in [4.69, 9.17) is 5.73 Å². The fraction of sp³-hybridized carbons (Fsp3) is 0.300. The van der Waals surface area contributed by atoms with E-state index in [0.29, 0.717) is 13.1 Å². The summed E-state index contributed by atoms with van der Waals surface area (Å²) in [6, 6.07) is 1.92. The van der Waals surface area contributed by atoms with Crippen molar-refractivity contribution >= 4 is 17.4 Å². The largest absolute Gasteiger partial charge is 0.453 e. The molecule has 1 aromatic rings. The molecular weight excluding hydrogens is 212 g/mol. The second-order valence-corrected chi connectivity index (χ2v) is 3.65. The monoisotopic (exact) mass is 224 g/mol. The van der Waals surface area contributed by atoms with E-state index < -0.39 is 6.09 Å². The lowest BCUT2D eigenvalue weighted by Gasteiger charge is -1.99. The molecule has 0 aliphatic rings. The summed E-state index contributed by atoms with van der Waals surface area (Å²) in [6.07, 6.45) is -0.432. The fourth-order valence-electron chi connectivity index (χ4n) is 0.923. The first-order chi connectivity index (χ1) is 7.26. The Morgan fingerprint density at radius 2 is 2.53 bits per heavy atom. The first-order valence-corrected chi connectivity index (χ1v) is 5.22. The Morgan fingerprint density at radius 1 is 1.73 bits per heavy atom. The third-order valence-corrected chi connectivity index (χ3v) is 2.52. The maximum Gasteiger partial charge on any atom is 0.407 e. The summed E-state index contributed by atoms with van der Waals surface area (Å²) in [7, 11) is 1.34. The van der Waals surface area contributed by atoms with Gasteiger partial charge in [0.25, 0.3) is 0 Å². The minimum absolute atomic E-state index is 0.353. The number of carbonyl (C=O) groups excluding carboxylic acids is 1. The quantitative estimate of drug-likeness (QED) is 0.734. The molecule has 0 aromatic carbocycles. The molecule has 0 saturated carbocycles. The molecule has 5 heteroatoms. The van der Waals surface area contributed by atoms with E-state index >= 15 is 0 Å². The van der Waals surface area contributed by atoms with Crippen LogP contribution in [0.2, 0.25) is 0 Å². The Morgan fingerprint density at radius 3 is 3.20 bits per heavy atom. The molecule has 0 saturated heterocycles. The van der Waals surface area contributed by atoms with Crippen molar-refractivity contribution in [2.24, 2.45) is 5.73 Å². The van der Waals surface area contributed by atoms with Crippen molar-refractivity contribution in [2.45, 2.75) is 6.54 Å². The zero-order valence-electron chi connectivity index (χ0n) is 8.37. The predicted octanol–water partition coefficient (Wildman–Crippen LogP) is 0.914. The van der Waals surface area contributed by atoms with Crippen LogP contribution in [0, 0.1) is 11.8 Å². The summed E-state index contributed by atoms with van der Waals surface area (Å²) >= 11 is 1.54. The summed E-state index contributed by atoms with van der Waals surface area (Å²) in [5.74, 6) is 5.68. The van der Waals surface area contributed by atoms with Crippen molar-refractivity contribution in [2.75, 3.05) is 13.7 Å². The minimum atomic E-state index is -0.432. The van der Waals surface area contributed by atoms with Gasteiger partial charge in [0.2, 0.25) is 0 Å². The summed E-state index contributed by atoms with van der Waals surface area (Å²) < 4.78 is 4.45. The Kier molecular flexibility index (Phi) is 4.68. The highest BCUT2D eigenvalue weighted by Crippen LogP contribution is 2.13. The van der Waals surface area contributed by atoms with E-state index in [0.717, 1.165) is 10.4 Å². The first kappa shape index (κ1) is 11.6. The number of amides is 1. The number of hydrogen-bond acceptors (Lipinski definition) is 4. The Balaban J connectivity index is 2.49. The van der Waals surface area contributed by atoms with Gasteiger partial charge >= 0.3 is 6.09 Å². The lowest BCUT2D eigenvalue weighted by Crippen LogP contribution is -2.21. The number of ether oxygens (including phenoxy) is 1. The van der Waals surface area contributed by atoms with Crippen LogP contribution in [0.5, 0.6) is 0 Å². The van der Waals surface area contributed by atoms with Crippen LogP contribution < -0.4 is 11.1 Å². The van der Waals surface area contributed by atoms with Crippen molar-refractivity contribution < 1.29 is 9.53 Å². The highest BCUT2D eigenvalue weighted by atomic mass is 32.1. The van der Waals surface area contributed by atoms with Crippen molar-refractivity contribution in [3.8, 4) is 11.8 Å². The molecule has 3 N–H and O–H groups in total. The maximum atomic E-state index is 10.8. The second kappa shape index (κ2) is 6.06. The standard InChI is InChI=1S/C10H12N2O2S/c1-14-10(13)12-6-9-5-8(7-15-9)3-2-4-11/h5,7H,4,6,11H2,1H3,(H,12,13). The van der Waals surface area contributed by atoms with Crippen LogP contribution in [-0.2, 0) is 11.3 Å². The van der Waals surface area contributed by atoms with Gasteiger partial charge in [-0.1, -0.05) is 11.8 Å². The van der Waals surface area contributed by atoms with Crippen LogP contribution in [0.4, 0.5) is 4.79 Å². The highest BCUT2D eigenvalue weighted by Gasteiger charge is 2.01. The normalized spacial score (nSPS) is 8.93. The molecule has 1 aromatic heterocycles. The SMILES string of the molecule is COC(=O)NCc1cc(C#CCN)cs1. The number of nitrogens with two attached hydrogens (primary N) is 1. The molecule has 1 amide bonds. The van der Waals surface area contributed by atoms with E-state index in [1.54, 1.807) is 0 Å². The molecule has 0 spiro atoms. The highest BCUT2D eigenvalue weighted by molar-refractivity contribution is 7.10. The summed E-state index contributed by atoms with van der Waals surface area (Å²) in [4.78, 5) is 11.8. The van der Waals surface area contributed by atoms with E-state index in [1.807, 2.05) is 11.4 Å². The van der Waals surface area contributed by atoms with E-state index in [1.165, 1.54) is 18.4 Å². The van der Waals surface area contributed by atoms with Gasteiger partial charge in [-0.2, -0.15) is 0 Å². The lowest BCUT2D eigenvalue weighted by atomic mass is 10.3. The van der Waals surface area contributed by atoms with Gasteiger partial charge in [0.05, 0.1) is 20.2 Å². The molecular formula is C10H12N2O2S. The van der Waals surface area contributed by atoms with Gasteiger partial charge in [-0.15, -0.1) is 11.3 Å². The van der Waals surface area contributed by atoms with Gasteiger partial charge in [0, 0.05) is 15.8 Å². The van der Waals surface area contributed by atoms with Crippen LogP contribution >= 0.6 is 11.3 Å². The summed E-state index contributed by atoms with van der Waals surface area (Å²) in [5, 5.41) is 4.52. The van der Waals surface area contributed by atoms with E-state index in [2.05, 4.69) is 21.9 Å². The van der Waals surface area contributed by atoms with Crippen molar-refractivity contribution in [3.63, 3.8) is 0 Å². The van der Waals surface area contributed by atoms with E-state index in [9.17, 15) is 4.79 Å². The van der Waals surface area contributed by atoms with Gasteiger partial charge in [-0.3, -0.25) is 0 Å². The van der Waals surface area contributed by atoms with Gasteiger partial charge < -0.3 is 15.8 Å². The van der Waals surface area contributed by atoms with Gasteiger partial charge in [-0.05, 0) is 6.07 Å². The third kappa shape index (κ3) is 4.02. The Hall–Kier alpha value is -1.51. The van der Waals surface area contributed by atoms with Gasteiger partial charge in [0.15, 0.2) is 0 Å². The first-order valence-electron chi connectivity index (χ1n) is 4.34. The van der Waals surface area contributed by atoms with Crippen LogP contribution in [-0.4, -0.2) is 19.7 Å². The van der Waals surface area contributed by atoms with Gasteiger partial charge in [0.1, 0.15) is 0 Å². The molecule has 1 heterocycles. The number of alkyl carbamates (subject to hydrolysis) is 1. The molecule has 1 rings (SSSR count). The number of carbonyl (C=O) groups is 1. The second-order valence-electron chi connectivity index (χ2n) is 2.65. The molecule has 0 unspecified atom stereocenters. The van der Waals surface area contributed by atoms with Crippen LogP contribution in [0.1, 0.15) is 10.4 Å². The maximum absolute atomic E-state index is 10.8.